The standard InChI is InChI=1S/C16H10.CH4.H3N/c1-3-11-7-9-13-5-2-6-14-10-8-12(4-1)15(11)16(13)14;;/h1-10H;1H4;1H3. The van der Waals surface area contributed by atoms with Gasteiger partial charge in [-0.05, 0) is 32.3 Å². The van der Waals surface area contributed by atoms with E-state index in [1.165, 1.54) is 32.3 Å². The minimum absolute atomic E-state index is 0. The van der Waals surface area contributed by atoms with E-state index in [1.54, 1.807) is 0 Å². The average molecular weight is 235 g/mol. The fraction of sp³-hybridized carbons (Fsp3) is 0.0588. The minimum atomic E-state index is 0. The van der Waals surface area contributed by atoms with Gasteiger partial charge >= 0.3 is 0 Å². The zero-order valence-corrected chi connectivity index (χ0v) is 9.48. The summed E-state index contributed by atoms with van der Waals surface area (Å²) in [4.78, 5) is 0. The fourth-order valence-corrected chi connectivity index (χ4v) is 2.67. The van der Waals surface area contributed by atoms with Crippen LogP contribution in [-0.4, -0.2) is 0 Å². The van der Waals surface area contributed by atoms with Crippen molar-refractivity contribution in [1.82, 2.24) is 6.15 Å². The zero-order valence-electron chi connectivity index (χ0n) is 9.48. The van der Waals surface area contributed by atoms with Gasteiger partial charge in [0.25, 0.3) is 0 Å². The van der Waals surface area contributed by atoms with Crippen molar-refractivity contribution < 1.29 is 0 Å². The van der Waals surface area contributed by atoms with Gasteiger partial charge in [0, 0.05) is 0 Å². The molecule has 3 N–H and O–H groups in total. The summed E-state index contributed by atoms with van der Waals surface area (Å²) in [5.74, 6) is 0. The molecule has 0 spiro atoms. The van der Waals surface area contributed by atoms with Crippen LogP contribution in [0.25, 0.3) is 32.3 Å². The molecule has 4 aromatic rings. The van der Waals surface area contributed by atoms with Gasteiger partial charge in [0.2, 0.25) is 0 Å². The van der Waals surface area contributed by atoms with Crippen LogP contribution in [0.15, 0.2) is 60.7 Å². The maximum Gasteiger partial charge on any atom is -0.00268 e. The predicted molar refractivity (Wildman–Crippen MR) is 81.9 cm³/mol. The molecule has 0 bridgehead atoms. The monoisotopic (exact) mass is 235 g/mol. The lowest BCUT2D eigenvalue weighted by molar-refractivity contribution is 1.78. The van der Waals surface area contributed by atoms with E-state index in [1.807, 2.05) is 0 Å². The summed E-state index contributed by atoms with van der Waals surface area (Å²) in [6.45, 7) is 0. The summed E-state index contributed by atoms with van der Waals surface area (Å²) in [7, 11) is 0. The van der Waals surface area contributed by atoms with Gasteiger partial charge in [0.1, 0.15) is 0 Å². The van der Waals surface area contributed by atoms with Crippen molar-refractivity contribution in [1.29, 1.82) is 0 Å². The summed E-state index contributed by atoms with van der Waals surface area (Å²) in [5, 5.41) is 8.14. The third kappa shape index (κ3) is 1.45. The maximum absolute atomic E-state index is 2.21. The maximum atomic E-state index is 2.21. The molecule has 0 aliphatic rings. The smallest absolute Gasteiger partial charge is 0.00268 e. The molecule has 1 nitrogen and oxygen atoms in total. The van der Waals surface area contributed by atoms with Crippen molar-refractivity contribution in [3.8, 4) is 0 Å². The molecular weight excluding hydrogens is 218 g/mol. The topological polar surface area (TPSA) is 35.0 Å². The van der Waals surface area contributed by atoms with Crippen LogP contribution >= 0.6 is 0 Å². The number of rotatable bonds is 0. The first-order chi connectivity index (χ1) is 7.93. The highest BCUT2D eigenvalue weighted by Gasteiger charge is 2.05. The third-order valence-electron chi connectivity index (χ3n) is 3.39. The van der Waals surface area contributed by atoms with Crippen LogP contribution in [0.2, 0.25) is 0 Å². The molecule has 1 heteroatoms. The Kier molecular flexibility index (Phi) is 2.93. The molecule has 18 heavy (non-hydrogen) atoms. The lowest BCUT2D eigenvalue weighted by Crippen LogP contribution is -1.82. The van der Waals surface area contributed by atoms with Crippen molar-refractivity contribution in [3.63, 3.8) is 0 Å². The van der Waals surface area contributed by atoms with Crippen LogP contribution in [0.5, 0.6) is 0 Å². The minimum Gasteiger partial charge on any atom is -0.344 e. The zero-order chi connectivity index (χ0) is 10.5. The predicted octanol–water partition coefficient (Wildman–Crippen LogP) is 5.38. The molecule has 0 aliphatic carbocycles. The lowest BCUT2D eigenvalue weighted by Gasteiger charge is -2.09. The van der Waals surface area contributed by atoms with Gasteiger partial charge in [-0.25, -0.2) is 0 Å². The summed E-state index contributed by atoms with van der Waals surface area (Å²) in [5.41, 5.74) is 0. The second-order valence-electron chi connectivity index (χ2n) is 4.29. The van der Waals surface area contributed by atoms with Gasteiger partial charge in [0.15, 0.2) is 0 Å². The molecule has 0 saturated heterocycles. The molecule has 0 fully saturated rings. The first-order valence-electron chi connectivity index (χ1n) is 5.56. The highest BCUT2D eigenvalue weighted by molar-refractivity contribution is 6.22. The largest absolute Gasteiger partial charge is 0.344 e. The van der Waals surface area contributed by atoms with Crippen molar-refractivity contribution in [3.05, 3.63) is 60.7 Å². The van der Waals surface area contributed by atoms with Crippen LogP contribution in [0, 0.1) is 0 Å². The van der Waals surface area contributed by atoms with Crippen LogP contribution < -0.4 is 6.15 Å². The Labute approximate surface area is 107 Å². The van der Waals surface area contributed by atoms with E-state index in [0.717, 1.165) is 0 Å². The molecule has 0 heterocycles. The Bertz CT molecular complexity index is 672. The molecule has 4 rings (SSSR count). The van der Waals surface area contributed by atoms with Crippen LogP contribution in [0.1, 0.15) is 7.43 Å². The highest BCUT2D eigenvalue weighted by atomic mass is 14.1. The van der Waals surface area contributed by atoms with Crippen molar-refractivity contribution >= 4 is 32.3 Å². The molecule has 90 valence electrons. The Balaban J connectivity index is 0.000000602. The second-order valence-corrected chi connectivity index (χ2v) is 4.29. The summed E-state index contributed by atoms with van der Waals surface area (Å²) < 4.78 is 0. The fourth-order valence-electron chi connectivity index (χ4n) is 2.67. The van der Waals surface area contributed by atoms with Gasteiger partial charge in [-0.1, -0.05) is 68.1 Å². The quantitative estimate of drug-likeness (QED) is 0.408. The van der Waals surface area contributed by atoms with Gasteiger partial charge in [-0.2, -0.15) is 0 Å². The Morgan fingerprint density at radius 1 is 0.444 bits per heavy atom. The first-order valence-corrected chi connectivity index (χ1v) is 5.56. The average Bonchev–Trinajstić information content (AvgIpc) is 2.36. The van der Waals surface area contributed by atoms with E-state index in [9.17, 15) is 0 Å². The first kappa shape index (κ1) is 12.3. The number of benzene rings is 4. The Morgan fingerprint density at radius 3 is 1.00 bits per heavy atom. The van der Waals surface area contributed by atoms with Crippen molar-refractivity contribution in [2.45, 2.75) is 7.43 Å². The highest BCUT2D eigenvalue weighted by Crippen LogP contribution is 2.33. The summed E-state index contributed by atoms with van der Waals surface area (Å²) >= 11 is 0. The van der Waals surface area contributed by atoms with Crippen molar-refractivity contribution in [2.24, 2.45) is 0 Å². The van der Waals surface area contributed by atoms with E-state index >= 15 is 0 Å². The molecule has 0 aromatic heterocycles. The van der Waals surface area contributed by atoms with Gasteiger partial charge in [-0.3, -0.25) is 0 Å². The van der Waals surface area contributed by atoms with Crippen LogP contribution in [-0.2, 0) is 0 Å². The Morgan fingerprint density at radius 2 is 0.722 bits per heavy atom. The number of hydrogen-bond acceptors (Lipinski definition) is 1. The molecule has 0 saturated carbocycles. The van der Waals surface area contributed by atoms with E-state index in [4.69, 9.17) is 0 Å². The van der Waals surface area contributed by atoms with Gasteiger partial charge in [-0.15, -0.1) is 0 Å². The summed E-state index contributed by atoms with van der Waals surface area (Å²) in [6, 6.07) is 21.9. The molecular formula is C17H17N. The molecule has 0 unspecified atom stereocenters. The van der Waals surface area contributed by atoms with E-state index in [2.05, 4.69) is 60.7 Å². The molecule has 0 aliphatic heterocycles. The van der Waals surface area contributed by atoms with Gasteiger partial charge in [0.05, 0.1) is 0 Å². The van der Waals surface area contributed by atoms with E-state index < -0.39 is 0 Å². The van der Waals surface area contributed by atoms with Crippen LogP contribution in [0.3, 0.4) is 0 Å². The SMILES string of the molecule is C.N.c1cc2ccc3cccc4ccc(c1)c2c34. The Hall–Kier alpha value is -2.12. The molecule has 0 radical (unpaired) electrons. The second kappa shape index (κ2) is 4.28. The molecule has 0 atom stereocenters. The van der Waals surface area contributed by atoms with Crippen LogP contribution in [0.4, 0.5) is 0 Å². The third-order valence-corrected chi connectivity index (χ3v) is 3.39. The van der Waals surface area contributed by atoms with E-state index in [0.29, 0.717) is 0 Å². The summed E-state index contributed by atoms with van der Waals surface area (Å²) in [6.07, 6.45) is 0. The number of hydrogen-bond donors (Lipinski definition) is 1. The normalized spacial score (nSPS) is 10.4. The van der Waals surface area contributed by atoms with E-state index in [-0.39, 0.29) is 13.6 Å². The molecule has 4 aromatic carbocycles. The molecule has 0 amide bonds. The lowest BCUT2D eigenvalue weighted by atomic mass is 9.95. The van der Waals surface area contributed by atoms with Gasteiger partial charge < -0.3 is 6.15 Å². The van der Waals surface area contributed by atoms with Crippen molar-refractivity contribution in [2.75, 3.05) is 0 Å².